The number of aromatic nitrogens is 2. The third-order valence-electron chi connectivity index (χ3n) is 5.99. The molecule has 4 rings (SSSR count). The molecule has 1 aliphatic rings. The van der Waals surface area contributed by atoms with Crippen LogP contribution >= 0.6 is 0 Å². The van der Waals surface area contributed by atoms with Crippen LogP contribution in [0.15, 0.2) is 54.6 Å². The number of nitrogens with one attached hydrogen (secondary N) is 1. The van der Waals surface area contributed by atoms with Crippen molar-refractivity contribution in [1.29, 1.82) is 5.26 Å². The maximum atomic E-state index is 14.5. The van der Waals surface area contributed by atoms with Gasteiger partial charge in [-0.3, -0.25) is 0 Å². The van der Waals surface area contributed by atoms with Crippen LogP contribution < -0.4 is 5.32 Å². The topological polar surface area (TPSA) is 53.6 Å². The first kappa shape index (κ1) is 21.0. The Bertz CT molecular complexity index is 1060. The summed E-state index contributed by atoms with van der Waals surface area (Å²) in [6.07, 6.45) is 2.80. The van der Waals surface area contributed by atoms with Crippen LogP contribution in [0.2, 0.25) is 0 Å². The molecule has 160 valence electrons. The van der Waals surface area contributed by atoms with E-state index in [0.29, 0.717) is 24.2 Å². The van der Waals surface area contributed by atoms with Gasteiger partial charge in [0.1, 0.15) is 5.82 Å². The second kappa shape index (κ2) is 8.89. The first-order valence-corrected chi connectivity index (χ1v) is 10.8. The largest absolute Gasteiger partial charge is 0.368 e. The predicted octanol–water partition coefficient (Wildman–Crippen LogP) is 6.35. The quantitative estimate of drug-likeness (QED) is 0.490. The fraction of sp³-hybridized carbons (Fsp3) is 0.360. The van der Waals surface area contributed by atoms with E-state index in [1.54, 1.807) is 16.8 Å². The fourth-order valence-electron chi connectivity index (χ4n) is 4.09. The maximum Gasteiger partial charge on any atom is 0.252 e. The zero-order chi connectivity index (χ0) is 21.8. The van der Waals surface area contributed by atoms with Crippen molar-refractivity contribution in [3.63, 3.8) is 0 Å². The van der Waals surface area contributed by atoms with Crippen LogP contribution in [-0.4, -0.2) is 22.2 Å². The van der Waals surface area contributed by atoms with Crippen LogP contribution in [0, 0.1) is 24.2 Å². The summed E-state index contributed by atoms with van der Waals surface area (Å²) in [7, 11) is 0. The summed E-state index contributed by atoms with van der Waals surface area (Å²) in [5.74, 6) is -2.75. The lowest BCUT2D eigenvalue weighted by Gasteiger charge is -2.24. The van der Waals surface area contributed by atoms with Gasteiger partial charge in [0.2, 0.25) is 0 Å². The Kier molecular flexibility index (Phi) is 6.03. The van der Waals surface area contributed by atoms with Crippen molar-refractivity contribution in [3.05, 3.63) is 65.7 Å². The van der Waals surface area contributed by atoms with Gasteiger partial charge < -0.3 is 5.32 Å². The summed E-state index contributed by atoms with van der Waals surface area (Å²) in [5.41, 5.74) is 4.38. The van der Waals surface area contributed by atoms with E-state index in [0.717, 1.165) is 35.3 Å². The minimum Gasteiger partial charge on any atom is -0.368 e. The third-order valence-corrected chi connectivity index (χ3v) is 5.99. The zero-order valence-electron chi connectivity index (χ0n) is 17.6. The van der Waals surface area contributed by atoms with E-state index >= 15 is 0 Å². The Morgan fingerprint density at radius 1 is 1.10 bits per heavy atom. The van der Waals surface area contributed by atoms with Gasteiger partial charge in [0.15, 0.2) is 0 Å². The van der Waals surface area contributed by atoms with E-state index in [4.69, 9.17) is 5.26 Å². The third kappa shape index (κ3) is 4.77. The molecule has 31 heavy (non-hydrogen) atoms. The highest BCUT2D eigenvalue weighted by Gasteiger charge is 2.39. The normalized spacial score (nSPS) is 18.2. The molecule has 0 saturated heterocycles. The smallest absolute Gasteiger partial charge is 0.252 e. The van der Waals surface area contributed by atoms with Gasteiger partial charge in [0.05, 0.1) is 23.0 Å². The number of alkyl halides is 2. The Morgan fingerprint density at radius 2 is 1.84 bits per heavy atom. The number of hydrogen-bond acceptors (Lipinski definition) is 3. The molecule has 6 heteroatoms. The highest BCUT2D eigenvalue weighted by atomic mass is 19.3. The predicted molar refractivity (Wildman–Crippen MR) is 118 cm³/mol. The number of halogens is 2. The minimum atomic E-state index is -2.64. The Morgan fingerprint density at radius 3 is 2.55 bits per heavy atom. The Labute approximate surface area is 181 Å². The molecule has 0 radical (unpaired) electrons. The molecular weight excluding hydrogens is 394 g/mol. The molecule has 1 atom stereocenters. The molecular formula is C25H26F2N4. The van der Waals surface area contributed by atoms with Crippen LogP contribution in [0.1, 0.15) is 43.2 Å². The Hall–Kier alpha value is -3.20. The van der Waals surface area contributed by atoms with Gasteiger partial charge in [-0.2, -0.15) is 5.26 Å². The summed E-state index contributed by atoms with van der Waals surface area (Å²) in [6.45, 7) is 2.23. The van der Waals surface area contributed by atoms with Crippen LogP contribution in [0.4, 0.5) is 14.6 Å². The van der Waals surface area contributed by atoms with Crippen LogP contribution in [0.5, 0.6) is 0 Å². The number of nitrogens with zero attached hydrogens (tertiary/aromatic N) is 3. The van der Waals surface area contributed by atoms with Crippen LogP contribution in [-0.2, 0) is 0 Å². The molecule has 0 amide bonds. The van der Waals surface area contributed by atoms with Gasteiger partial charge >= 0.3 is 0 Å². The molecule has 3 aromatic rings. The van der Waals surface area contributed by atoms with E-state index in [2.05, 4.69) is 16.5 Å². The summed E-state index contributed by atoms with van der Waals surface area (Å²) >= 11 is 0. The van der Waals surface area contributed by atoms with E-state index in [1.807, 2.05) is 49.4 Å². The van der Waals surface area contributed by atoms with Gasteiger partial charge in [-0.1, -0.05) is 42.7 Å². The van der Waals surface area contributed by atoms with Gasteiger partial charge in [-0.25, -0.2) is 13.5 Å². The van der Waals surface area contributed by atoms with Gasteiger partial charge in [-0.05, 0) is 44.0 Å². The average Bonchev–Trinajstić information content (AvgIpc) is 3.12. The molecule has 1 aliphatic carbocycles. The van der Waals surface area contributed by atoms with Gasteiger partial charge in [0.25, 0.3) is 5.92 Å². The molecule has 4 nitrogen and oxygen atoms in total. The molecule has 0 spiro atoms. The van der Waals surface area contributed by atoms with Crippen molar-refractivity contribution in [2.75, 3.05) is 11.9 Å². The van der Waals surface area contributed by atoms with Crippen molar-refractivity contribution in [2.24, 2.45) is 5.92 Å². The second-order valence-electron chi connectivity index (χ2n) is 8.29. The monoisotopic (exact) mass is 420 g/mol. The zero-order valence-corrected chi connectivity index (χ0v) is 17.6. The summed E-state index contributed by atoms with van der Waals surface area (Å²) in [5, 5.41) is 16.9. The summed E-state index contributed by atoms with van der Waals surface area (Å²) < 4.78 is 30.7. The Balaban J connectivity index is 1.64. The highest BCUT2D eigenvalue weighted by Crippen LogP contribution is 2.37. The lowest BCUT2D eigenvalue weighted by atomic mass is 9.96. The molecule has 1 saturated carbocycles. The molecule has 1 heterocycles. The van der Waals surface area contributed by atoms with Crippen LogP contribution in [0.25, 0.3) is 16.9 Å². The number of hydrogen-bond donors (Lipinski definition) is 1. The number of aryl methyl sites for hydroxylation is 1. The number of benzene rings is 2. The number of nitriles is 1. The lowest BCUT2D eigenvalue weighted by molar-refractivity contribution is -0.0584. The first-order chi connectivity index (χ1) is 15.0. The van der Waals surface area contributed by atoms with Gasteiger partial charge in [0, 0.05) is 30.5 Å². The second-order valence-corrected chi connectivity index (χ2v) is 8.29. The highest BCUT2D eigenvalue weighted by molar-refractivity contribution is 5.66. The fourth-order valence-corrected chi connectivity index (χ4v) is 4.09. The van der Waals surface area contributed by atoms with Crippen molar-refractivity contribution in [1.82, 2.24) is 9.78 Å². The van der Waals surface area contributed by atoms with E-state index in [9.17, 15) is 8.78 Å². The number of anilines is 1. The van der Waals surface area contributed by atoms with Crippen molar-refractivity contribution < 1.29 is 8.78 Å². The molecule has 0 aliphatic heterocycles. The van der Waals surface area contributed by atoms with E-state index in [1.165, 1.54) is 0 Å². The maximum absolute atomic E-state index is 14.5. The summed E-state index contributed by atoms with van der Waals surface area (Å²) in [6, 6.07) is 19.3. The summed E-state index contributed by atoms with van der Waals surface area (Å²) in [4.78, 5) is 0. The molecule has 1 N–H and O–H groups in total. The van der Waals surface area contributed by atoms with E-state index < -0.39 is 11.8 Å². The standard InChI is InChI=1S/C25H26F2N4/c1-18-6-10-20(11-7-18)23-15-24(29-17-21-5-3-2-4-14-25(21,26)27)30-31(23)22-12-8-19(16-28)9-13-22/h6-13,15,21H,2-5,14,17H2,1H3,(H,29,30)/t21-/m0/s1. The minimum absolute atomic E-state index is 0.0341. The SMILES string of the molecule is Cc1ccc(-c2cc(NC[C@@H]3CCCCCC3(F)F)nn2-c2ccc(C#N)cc2)cc1. The van der Waals surface area contributed by atoms with Crippen molar-refractivity contribution >= 4 is 5.82 Å². The lowest BCUT2D eigenvalue weighted by Crippen LogP contribution is -2.32. The van der Waals surface area contributed by atoms with Crippen molar-refractivity contribution in [2.45, 2.75) is 45.0 Å². The molecule has 0 unspecified atom stereocenters. The number of rotatable bonds is 5. The van der Waals surface area contributed by atoms with Crippen molar-refractivity contribution in [3.8, 4) is 23.0 Å². The molecule has 2 aromatic carbocycles. The molecule has 1 aromatic heterocycles. The molecule has 1 fully saturated rings. The average molecular weight is 421 g/mol. The molecule has 0 bridgehead atoms. The van der Waals surface area contributed by atoms with Gasteiger partial charge in [-0.15, -0.1) is 5.10 Å². The first-order valence-electron chi connectivity index (χ1n) is 10.8. The van der Waals surface area contributed by atoms with Crippen LogP contribution in [0.3, 0.4) is 0 Å². The van der Waals surface area contributed by atoms with E-state index in [-0.39, 0.29) is 13.0 Å².